The predicted octanol–water partition coefficient (Wildman–Crippen LogP) is 4.58. The van der Waals surface area contributed by atoms with Crippen LogP contribution in [0.1, 0.15) is 28.2 Å². The molecule has 0 radical (unpaired) electrons. The van der Waals surface area contributed by atoms with Crippen molar-refractivity contribution in [3.63, 3.8) is 0 Å². The fourth-order valence-electron chi connectivity index (χ4n) is 3.48. The summed E-state index contributed by atoms with van der Waals surface area (Å²) in [6.45, 7) is 3.78. The normalized spacial score (nSPS) is 16.6. The summed E-state index contributed by atoms with van der Waals surface area (Å²) in [4.78, 5) is 24.4. The number of thiazole rings is 1. The highest BCUT2D eigenvalue weighted by Crippen LogP contribution is 2.29. The van der Waals surface area contributed by atoms with E-state index in [1.807, 2.05) is 24.0 Å². The van der Waals surface area contributed by atoms with Crippen molar-refractivity contribution in [1.29, 1.82) is 0 Å². The van der Waals surface area contributed by atoms with Crippen LogP contribution in [0.15, 0.2) is 48.8 Å². The number of aromatic nitrogens is 2. The standard InChI is InChI=1S/C22H22FN3O2S/c1-15-20(29-21(25-15)17-5-2-10-24-12-17)22(27)26-11-3-4-16(13-26)14-28-19-8-6-18(23)7-9-19/h2,5-10,12,16H,3-4,11,13-14H2,1H3. The fourth-order valence-corrected chi connectivity index (χ4v) is 4.51. The van der Waals surface area contributed by atoms with Gasteiger partial charge in [-0.15, -0.1) is 11.3 Å². The van der Waals surface area contributed by atoms with Gasteiger partial charge in [-0.25, -0.2) is 9.37 Å². The number of carbonyl (C=O) groups is 1. The Morgan fingerprint density at radius 2 is 2.14 bits per heavy atom. The average molecular weight is 412 g/mol. The summed E-state index contributed by atoms with van der Waals surface area (Å²) < 4.78 is 18.8. The molecule has 0 N–H and O–H groups in total. The molecule has 1 saturated heterocycles. The molecule has 4 rings (SSSR count). The van der Waals surface area contributed by atoms with Crippen molar-refractivity contribution in [3.8, 4) is 16.3 Å². The van der Waals surface area contributed by atoms with Crippen LogP contribution >= 0.6 is 11.3 Å². The van der Waals surface area contributed by atoms with Gasteiger partial charge in [0.2, 0.25) is 0 Å². The topological polar surface area (TPSA) is 55.3 Å². The molecule has 0 saturated carbocycles. The Balaban J connectivity index is 1.41. The van der Waals surface area contributed by atoms with E-state index < -0.39 is 0 Å². The van der Waals surface area contributed by atoms with Gasteiger partial charge in [-0.1, -0.05) is 0 Å². The van der Waals surface area contributed by atoms with Crippen LogP contribution in [0, 0.1) is 18.7 Å². The number of piperidine rings is 1. The average Bonchev–Trinajstić information content (AvgIpc) is 3.15. The Kier molecular flexibility index (Phi) is 5.85. The number of halogens is 1. The van der Waals surface area contributed by atoms with E-state index in [1.165, 1.54) is 23.5 Å². The quantitative estimate of drug-likeness (QED) is 0.617. The number of benzene rings is 1. The first kappa shape index (κ1) is 19.5. The summed E-state index contributed by atoms with van der Waals surface area (Å²) in [6, 6.07) is 9.84. The van der Waals surface area contributed by atoms with Gasteiger partial charge >= 0.3 is 0 Å². The van der Waals surface area contributed by atoms with Gasteiger partial charge in [0, 0.05) is 37.0 Å². The zero-order valence-electron chi connectivity index (χ0n) is 16.2. The van der Waals surface area contributed by atoms with Crippen molar-refractivity contribution >= 4 is 17.2 Å². The van der Waals surface area contributed by atoms with Crippen LogP contribution in [-0.2, 0) is 0 Å². The Labute approximate surface area is 173 Å². The third kappa shape index (κ3) is 4.62. The molecule has 5 nitrogen and oxygen atoms in total. The van der Waals surface area contributed by atoms with E-state index in [-0.39, 0.29) is 17.6 Å². The number of rotatable bonds is 5. The molecule has 0 spiro atoms. The van der Waals surface area contributed by atoms with Gasteiger partial charge in [0.15, 0.2) is 0 Å². The molecule has 3 aromatic rings. The van der Waals surface area contributed by atoms with Crippen LogP contribution in [0.3, 0.4) is 0 Å². The highest BCUT2D eigenvalue weighted by molar-refractivity contribution is 7.17. The molecule has 150 valence electrons. The number of hydrogen-bond donors (Lipinski definition) is 0. The van der Waals surface area contributed by atoms with Gasteiger partial charge in [-0.3, -0.25) is 9.78 Å². The van der Waals surface area contributed by atoms with Crippen molar-refractivity contribution in [3.05, 3.63) is 65.2 Å². The molecule has 1 unspecified atom stereocenters. The number of ether oxygens (including phenoxy) is 1. The summed E-state index contributed by atoms with van der Waals surface area (Å²) in [6.07, 6.45) is 5.43. The second-order valence-corrected chi connectivity index (χ2v) is 8.20. The van der Waals surface area contributed by atoms with Crippen molar-refractivity contribution in [1.82, 2.24) is 14.9 Å². The third-order valence-corrected chi connectivity index (χ3v) is 6.20. The first-order valence-corrected chi connectivity index (χ1v) is 10.5. The lowest BCUT2D eigenvalue weighted by atomic mass is 9.98. The highest BCUT2D eigenvalue weighted by Gasteiger charge is 2.27. The maximum absolute atomic E-state index is 13.1. The fraction of sp³-hybridized carbons (Fsp3) is 0.318. The summed E-state index contributed by atoms with van der Waals surface area (Å²) in [5, 5.41) is 0.812. The smallest absolute Gasteiger partial charge is 0.265 e. The van der Waals surface area contributed by atoms with Gasteiger partial charge < -0.3 is 9.64 Å². The third-order valence-electron chi connectivity index (χ3n) is 5.00. The van der Waals surface area contributed by atoms with Crippen LogP contribution in [0.2, 0.25) is 0 Å². The van der Waals surface area contributed by atoms with E-state index in [4.69, 9.17) is 4.74 Å². The number of carbonyl (C=O) groups excluding carboxylic acids is 1. The molecule has 1 aliphatic rings. The minimum Gasteiger partial charge on any atom is -0.493 e. The van der Waals surface area contributed by atoms with Gasteiger partial charge in [0.1, 0.15) is 21.5 Å². The Morgan fingerprint density at radius 1 is 1.31 bits per heavy atom. The van der Waals surface area contributed by atoms with E-state index in [1.54, 1.807) is 24.5 Å². The minimum atomic E-state index is -0.280. The summed E-state index contributed by atoms with van der Waals surface area (Å²) in [5.74, 6) is 0.650. The molecule has 1 fully saturated rings. The lowest BCUT2D eigenvalue weighted by molar-refractivity contribution is 0.0637. The summed E-state index contributed by atoms with van der Waals surface area (Å²) >= 11 is 1.42. The molecular formula is C22H22FN3O2S. The largest absolute Gasteiger partial charge is 0.493 e. The number of hydrogen-bond acceptors (Lipinski definition) is 5. The van der Waals surface area contributed by atoms with E-state index in [0.717, 1.165) is 35.7 Å². The molecule has 1 atom stereocenters. The zero-order valence-corrected chi connectivity index (χ0v) is 17.0. The van der Waals surface area contributed by atoms with Crippen molar-refractivity contribution in [2.24, 2.45) is 5.92 Å². The maximum atomic E-state index is 13.1. The number of amides is 1. The SMILES string of the molecule is Cc1nc(-c2cccnc2)sc1C(=O)N1CCCC(COc2ccc(F)cc2)C1. The molecule has 1 amide bonds. The molecule has 3 heterocycles. The Morgan fingerprint density at radius 3 is 2.90 bits per heavy atom. The maximum Gasteiger partial charge on any atom is 0.265 e. The minimum absolute atomic E-state index is 0.0293. The molecule has 1 aliphatic heterocycles. The number of aryl methyl sites for hydroxylation is 1. The Bertz CT molecular complexity index is 975. The molecule has 2 aromatic heterocycles. The summed E-state index contributed by atoms with van der Waals surface area (Å²) in [5.41, 5.74) is 1.67. The van der Waals surface area contributed by atoms with Gasteiger partial charge in [0.05, 0.1) is 12.3 Å². The molecule has 29 heavy (non-hydrogen) atoms. The van der Waals surface area contributed by atoms with E-state index >= 15 is 0 Å². The monoisotopic (exact) mass is 411 g/mol. The van der Waals surface area contributed by atoms with E-state index in [9.17, 15) is 9.18 Å². The molecule has 1 aromatic carbocycles. The van der Waals surface area contributed by atoms with Gasteiger partial charge in [-0.2, -0.15) is 0 Å². The van der Waals surface area contributed by atoms with Crippen LogP contribution in [0.4, 0.5) is 4.39 Å². The van der Waals surface area contributed by atoms with Crippen LogP contribution < -0.4 is 4.74 Å². The molecule has 7 heteroatoms. The summed E-state index contributed by atoms with van der Waals surface area (Å²) in [7, 11) is 0. The molecule has 0 aliphatic carbocycles. The Hall–Kier alpha value is -2.80. The van der Waals surface area contributed by atoms with Gasteiger partial charge in [0.25, 0.3) is 5.91 Å². The highest BCUT2D eigenvalue weighted by atomic mass is 32.1. The van der Waals surface area contributed by atoms with Crippen molar-refractivity contribution in [2.75, 3.05) is 19.7 Å². The second kappa shape index (κ2) is 8.69. The van der Waals surface area contributed by atoms with E-state index in [2.05, 4.69) is 9.97 Å². The number of likely N-dealkylation sites (tertiary alicyclic amines) is 1. The van der Waals surface area contributed by atoms with Crippen LogP contribution in [0.5, 0.6) is 5.75 Å². The first-order chi connectivity index (χ1) is 14.1. The number of nitrogens with zero attached hydrogens (tertiary/aromatic N) is 3. The molecule has 0 bridgehead atoms. The molecular weight excluding hydrogens is 389 g/mol. The van der Waals surface area contributed by atoms with Crippen LogP contribution in [-0.4, -0.2) is 40.5 Å². The van der Waals surface area contributed by atoms with E-state index in [0.29, 0.717) is 23.8 Å². The lowest BCUT2D eigenvalue weighted by Gasteiger charge is -2.32. The second-order valence-electron chi connectivity index (χ2n) is 7.20. The van der Waals surface area contributed by atoms with Crippen molar-refractivity contribution < 1.29 is 13.9 Å². The first-order valence-electron chi connectivity index (χ1n) is 9.65. The predicted molar refractivity (Wildman–Crippen MR) is 111 cm³/mol. The van der Waals surface area contributed by atoms with Crippen LogP contribution in [0.25, 0.3) is 10.6 Å². The lowest BCUT2D eigenvalue weighted by Crippen LogP contribution is -2.41. The number of pyridine rings is 1. The van der Waals surface area contributed by atoms with Crippen molar-refractivity contribution in [2.45, 2.75) is 19.8 Å². The van der Waals surface area contributed by atoms with Gasteiger partial charge in [-0.05, 0) is 56.2 Å². The zero-order chi connectivity index (χ0) is 20.2.